The van der Waals surface area contributed by atoms with Gasteiger partial charge in [-0.3, -0.25) is 4.79 Å². The normalized spacial score (nSPS) is 25.8. The van der Waals surface area contributed by atoms with Crippen LogP contribution in [-0.2, 0) is 0 Å². The molecule has 0 aliphatic carbocycles. The SMILES string of the molecule is CC1(C)SCN(C(=O)c2ccccc2)C1(C)C#N. The van der Waals surface area contributed by atoms with Gasteiger partial charge in [0, 0.05) is 10.3 Å². The van der Waals surface area contributed by atoms with Gasteiger partial charge in [0.1, 0.15) is 5.54 Å². The smallest absolute Gasteiger partial charge is 0.255 e. The minimum atomic E-state index is -0.773. The number of rotatable bonds is 1. The number of carbonyl (C=O) groups is 1. The topological polar surface area (TPSA) is 44.1 Å². The molecule has 1 amide bonds. The Labute approximate surface area is 112 Å². The molecule has 18 heavy (non-hydrogen) atoms. The van der Waals surface area contributed by atoms with Crippen molar-refractivity contribution in [2.45, 2.75) is 31.1 Å². The molecule has 1 unspecified atom stereocenters. The molecule has 94 valence electrons. The molecule has 0 N–H and O–H groups in total. The summed E-state index contributed by atoms with van der Waals surface area (Å²) in [5.41, 5.74) is -0.137. The lowest BCUT2D eigenvalue weighted by Crippen LogP contribution is -2.53. The highest BCUT2D eigenvalue weighted by Gasteiger charge is 2.54. The van der Waals surface area contributed by atoms with Crippen molar-refractivity contribution >= 4 is 17.7 Å². The van der Waals surface area contributed by atoms with E-state index in [0.29, 0.717) is 11.4 Å². The van der Waals surface area contributed by atoms with Crippen molar-refractivity contribution in [2.24, 2.45) is 0 Å². The zero-order valence-electron chi connectivity index (χ0n) is 10.8. The molecular formula is C14H16N2OS. The first kappa shape index (κ1) is 13.0. The second-order valence-corrected chi connectivity index (χ2v) is 6.63. The second-order valence-electron chi connectivity index (χ2n) is 5.07. The molecule has 1 saturated heterocycles. The van der Waals surface area contributed by atoms with Gasteiger partial charge in [0.15, 0.2) is 0 Å². The van der Waals surface area contributed by atoms with Crippen LogP contribution < -0.4 is 0 Å². The molecule has 1 aliphatic heterocycles. The van der Waals surface area contributed by atoms with Crippen LogP contribution in [0.4, 0.5) is 0 Å². The van der Waals surface area contributed by atoms with E-state index in [9.17, 15) is 10.1 Å². The van der Waals surface area contributed by atoms with Gasteiger partial charge in [-0.15, -0.1) is 11.8 Å². The number of amides is 1. The Morgan fingerprint density at radius 2 is 1.94 bits per heavy atom. The summed E-state index contributed by atoms with van der Waals surface area (Å²) in [6.07, 6.45) is 0. The van der Waals surface area contributed by atoms with Crippen molar-refractivity contribution < 1.29 is 4.79 Å². The lowest BCUT2D eigenvalue weighted by Gasteiger charge is -2.36. The van der Waals surface area contributed by atoms with Crippen molar-refractivity contribution in [3.63, 3.8) is 0 Å². The Morgan fingerprint density at radius 1 is 1.33 bits per heavy atom. The number of benzene rings is 1. The fourth-order valence-corrected chi connectivity index (χ4v) is 3.28. The van der Waals surface area contributed by atoms with Gasteiger partial charge in [-0.25, -0.2) is 0 Å². The average molecular weight is 260 g/mol. The quantitative estimate of drug-likeness (QED) is 0.780. The van der Waals surface area contributed by atoms with Gasteiger partial charge < -0.3 is 4.90 Å². The minimum absolute atomic E-state index is 0.0716. The maximum absolute atomic E-state index is 12.5. The van der Waals surface area contributed by atoms with Crippen molar-refractivity contribution in [1.29, 1.82) is 5.26 Å². The summed E-state index contributed by atoms with van der Waals surface area (Å²) in [6.45, 7) is 5.87. The molecule has 1 atom stereocenters. The number of carbonyl (C=O) groups excluding carboxylic acids is 1. The molecule has 0 radical (unpaired) electrons. The van der Waals surface area contributed by atoms with E-state index in [0.717, 1.165) is 0 Å². The Hall–Kier alpha value is -1.47. The zero-order chi connectivity index (χ0) is 13.4. The first-order chi connectivity index (χ1) is 8.42. The first-order valence-electron chi connectivity index (χ1n) is 5.84. The van der Waals surface area contributed by atoms with Crippen LogP contribution in [0.1, 0.15) is 31.1 Å². The van der Waals surface area contributed by atoms with Crippen molar-refractivity contribution in [1.82, 2.24) is 4.90 Å². The van der Waals surface area contributed by atoms with Crippen molar-refractivity contribution in [3.05, 3.63) is 35.9 Å². The molecule has 0 saturated carbocycles. The molecule has 1 heterocycles. The molecule has 0 aromatic heterocycles. The second kappa shape index (κ2) is 4.33. The van der Waals surface area contributed by atoms with Crippen LogP contribution in [0.3, 0.4) is 0 Å². The van der Waals surface area contributed by atoms with E-state index in [-0.39, 0.29) is 10.7 Å². The lowest BCUT2D eigenvalue weighted by molar-refractivity contribution is 0.0655. The van der Waals surface area contributed by atoms with Gasteiger partial charge in [-0.1, -0.05) is 18.2 Å². The van der Waals surface area contributed by atoms with E-state index in [4.69, 9.17) is 0 Å². The molecule has 0 spiro atoms. The summed E-state index contributed by atoms with van der Waals surface area (Å²) in [5.74, 6) is 0.489. The molecule has 1 aromatic carbocycles. The van der Waals surface area contributed by atoms with E-state index in [1.54, 1.807) is 28.8 Å². The van der Waals surface area contributed by atoms with E-state index in [1.807, 2.05) is 39.0 Å². The third-order valence-electron chi connectivity index (χ3n) is 3.75. The van der Waals surface area contributed by atoms with Crippen LogP contribution in [0.15, 0.2) is 30.3 Å². The highest BCUT2D eigenvalue weighted by Crippen LogP contribution is 2.47. The third kappa shape index (κ3) is 1.79. The number of nitrogens with zero attached hydrogens (tertiary/aromatic N) is 2. The summed E-state index contributed by atoms with van der Waals surface area (Å²) in [6, 6.07) is 11.4. The van der Waals surface area contributed by atoms with Crippen LogP contribution in [0.5, 0.6) is 0 Å². The maximum Gasteiger partial charge on any atom is 0.255 e. The summed E-state index contributed by atoms with van der Waals surface area (Å²) in [4.78, 5) is 14.1. The maximum atomic E-state index is 12.5. The molecule has 4 heteroatoms. The predicted octanol–water partition coefficient (Wildman–Crippen LogP) is 2.89. The van der Waals surface area contributed by atoms with Gasteiger partial charge in [-0.05, 0) is 32.9 Å². The van der Waals surface area contributed by atoms with Crippen LogP contribution in [-0.4, -0.2) is 27.0 Å². The fourth-order valence-electron chi connectivity index (χ4n) is 2.01. The Kier molecular flexibility index (Phi) is 3.12. The molecule has 0 bridgehead atoms. The van der Waals surface area contributed by atoms with E-state index in [1.165, 1.54) is 0 Å². The predicted molar refractivity (Wildman–Crippen MR) is 73.2 cm³/mol. The first-order valence-corrected chi connectivity index (χ1v) is 6.83. The van der Waals surface area contributed by atoms with Gasteiger partial charge in [0.05, 0.1) is 11.9 Å². The van der Waals surface area contributed by atoms with Gasteiger partial charge >= 0.3 is 0 Å². The summed E-state index contributed by atoms with van der Waals surface area (Å²) in [7, 11) is 0. The minimum Gasteiger partial charge on any atom is -0.310 e. The summed E-state index contributed by atoms with van der Waals surface area (Å²) < 4.78 is -0.258. The molecule has 1 fully saturated rings. The Bertz CT molecular complexity index is 506. The molecular weight excluding hydrogens is 244 g/mol. The largest absolute Gasteiger partial charge is 0.310 e. The highest BCUT2D eigenvalue weighted by molar-refractivity contribution is 8.00. The van der Waals surface area contributed by atoms with Crippen LogP contribution >= 0.6 is 11.8 Å². The number of hydrogen-bond acceptors (Lipinski definition) is 3. The van der Waals surface area contributed by atoms with Gasteiger partial charge in [-0.2, -0.15) is 5.26 Å². The van der Waals surface area contributed by atoms with Crippen LogP contribution in [0, 0.1) is 11.3 Å². The zero-order valence-corrected chi connectivity index (χ0v) is 11.6. The monoisotopic (exact) mass is 260 g/mol. The Morgan fingerprint density at radius 3 is 2.50 bits per heavy atom. The summed E-state index contributed by atoms with van der Waals surface area (Å²) in [5, 5.41) is 9.47. The number of hydrogen-bond donors (Lipinski definition) is 0. The van der Waals surface area contributed by atoms with Crippen molar-refractivity contribution in [3.8, 4) is 6.07 Å². The van der Waals surface area contributed by atoms with E-state index < -0.39 is 5.54 Å². The third-order valence-corrected chi connectivity index (χ3v) is 5.26. The Balaban J connectivity index is 2.36. The van der Waals surface area contributed by atoms with E-state index >= 15 is 0 Å². The molecule has 2 rings (SSSR count). The van der Waals surface area contributed by atoms with Crippen molar-refractivity contribution in [2.75, 3.05) is 5.88 Å². The summed E-state index contributed by atoms with van der Waals surface area (Å²) >= 11 is 1.64. The van der Waals surface area contributed by atoms with Gasteiger partial charge in [0.2, 0.25) is 0 Å². The number of thioether (sulfide) groups is 1. The van der Waals surface area contributed by atoms with Crippen LogP contribution in [0.2, 0.25) is 0 Å². The average Bonchev–Trinajstić information content (AvgIpc) is 2.62. The lowest BCUT2D eigenvalue weighted by atomic mass is 9.87. The van der Waals surface area contributed by atoms with E-state index in [2.05, 4.69) is 6.07 Å². The fraction of sp³-hybridized carbons (Fsp3) is 0.429. The van der Waals surface area contributed by atoms with Crippen LogP contribution in [0.25, 0.3) is 0 Å². The number of nitriles is 1. The van der Waals surface area contributed by atoms with Gasteiger partial charge in [0.25, 0.3) is 5.91 Å². The molecule has 3 nitrogen and oxygen atoms in total. The molecule has 1 aromatic rings. The highest BCUT2D eigenvalue weighted by atomic mass is 32.2. The standard InChI is InChI=1S/C14H16N2OS/c1-13(2)14(3,9-15)16(10-18-13)12(17)11-7-5-4-6-8-11/h4-8H,10H2,1-3H3. The molecule has 1 aliphatic rings.